The topological polar surface area (TPSA) is 90.3 Å². The van der Waals surface area contributed by atoms with Gasteiger partial charge in [-0.15, -0.1) is 0 Å². The van der Waals surface area contributed by atoms with Crippen LogP contribution in [0.5, 0.6) is 0 Å². The van der Waals surface area contributed by atoms with Crippen LogP contribution in [0.4, 0.5) is 23.1 Å². The zero-order valence-corrected chi connectivity index (χ0v) is 13.8. The van der Waals surface area contributed by atoms with Gasteiger partial charge in [0.2, 0.25) is 5.95 Å². The van der Waals surface area contributed by atoms with Gasteiger partial charge in [0.25, 0.3) is 0 Å². The second-order valence-corrected chi connectivity index (χ2v) is 6.19. The fraction of sp³-hybridized carbons (Fsp3) is 0.111. The number of benzene rings is 2. The van der Waals surface area contributed by atoms with E-state index in [1.165, 1.54) is 6.20 Å². The Morgan fingerprint density at radius 3 is 2.12 bits per heavy atom. The van der Waals surface area contributed by atoms with Crippen molar-refractivity contribution in [2.45, 2.75) is 12.2 Å². The van der Waals surface area contributed by atoms with Crippen molar-refractivity contribution in [2.24, 2.45) is 0 Å². The molecule has 2 heterocycles. The van der Waals surface area contributed by atoms with E-state index in [4.69, 9.17) is 11.6 Å². The van der Waals surface area contributed by atoms with Crippen molar-refractivity contribution in [3.8, 4) is 0 Å². The quantitative estimate of drug-likeness (QED) is 0.492. The molecule has 1 aliphatic rings. The van der Waals surface area contributed by atoms with Crippen molar-refractivity contribution in [1.29, 1.82) is 0 Å². The minimum absolute atomic E-state index is 0.370. The minimum atomic E-state index is -1.07. The number of anilines is 4. The van der Waals surface area contributed by atoms with Crippen molar-refractivity contribution in [1.82, 2.24) is 9.97 Å². The average molecular weight is 355 g/mol. The third kappa shape index (κ3) is 3.15. The third-order valence-electron chi connectivity index (χ3n) is 4.02. The molecular formula is C18H15ClN4O2. The Morgan fingerprint density at radius 2 is 1.48 bits per heavy atom. The fourth-order valence-electron chi connectivity index (χ4n) is 2.75. The Hall–Kier alpha value is -2.67. The number of halogens is 1. The molecule has 0 saturated heterocycles. The molecule has 7 heteroatoms. The fourth-order valence-corrected chi connectivity index (χ4v) is 2.88. The van der Waals surface area contributed by atoms with Crippen LogP contribution in [0.25, 0.3) is 0 Å². The number of hydrogen-bond acceptors (Lipinski definition) is 6. The number of aliphatic hydroxyl groups excluding tert-OH is 2. The predicted octanol–water partition coefficient (Wildman–Crippen LogP) is 3.70. The second kappa shape index (κ2) is 6.33. The van der Waals surface area contributed by atoms with Crippen molar-refractivity contribution >= 4 is 34.7 Å². The summed E-state index contributed by atoms with van der Waals surface area (Å²) in [5, 5.41) is 27.7. The number of fused-ring (bicyclic) bond motifs is 6. The van der Waals surface area contributed by atoms with Crippen LogP contribution >= 0.6 is 11.6 Å². The molecule has 0 fully saturated rings. The molecular weight excluding hydrogens is 340 g/mol. The minimum Gasteiger partial charge on any atom is -0.385 e. The number of rotatable bonds is 0. The van der Waals surface area contributed by atoms with Gasteiger partial charge in [-0.2, -0.15) is 4.98 Å². The summed E-state index contributed by atoms with van der Waals surface area (Å²) in [5.74, 6) is 0.816. The molecule has 0 radical (unpaired) electrons. The summed E-state index contributed by atoms with van der Waals surface area (Å²) in [7, 11) is 0. The van der Waals surface area contributed by atoms with Crippen molar-refractivity contribution in [2.75, 3.05) is 10.6 Å². The van der Waals surface area contributed by atoms with Gasteiger partial charge < -0.3 is 20.8 Å². The molecule has 2 unspecified atom stereocenters. The SMILES string of the molecule is OC1c2cccc(c2)Nc2ncc(Cl)c(n2)Nc2cccc(c2)C1O. The van der Waals surface area contributed by atoms with E-state index in [2.05, 4.69) is 20.6 Å². The van der Waals surface area contributed by atoms with Crippen LogP contribution in [0, 0.1) is 0 Å². The van der Waals surface area contributed by atoms with Crippen LogP contribution in [-0.4, -0.2) is 20.2 Å². The van der Waals surface area contributed by atoms with Crippen molar-refractivity contribution in [3.63, 3.8) is 0 Å². The van der Waals surface area contributed by atoms with Gasteiger partial charge in [-0.1, -0.05) is 35.9 Å². The second-order valence-electron chi connectivity index (χ2n) is 5.78. The first-order valence-corrected chi connectivity index (χ1v) is 8.10. The summed E-state index contributed by atoms with van der Waals surface area (Å²) in [5.41, 5.74) is 2.56. The zero-order chi connectivity index (χ0) is 17.4. The van der Waals surface area contributed by atoms with E-state index in [0.29, 0.717) is 39.3 Å². The summed E-state index contributed by atoms with van der Waals surface area (Å²) in [4.78, 5) is 8.56. The highest BCUT2D eigenvalue weighted by Gasteiger charge is 2.21. The molecule has 0 aliphatic carbocycles. The smallest absolute Gasteiger partial charge is 0.229 e. The van der Waals surface area contributed by atoms with Gasteiger partial charge in [-0.3, -0.25) is 0 Å². The number of aromatic nitrogens is 2. The first kappa shape index (κ1) is 15.8. The first-order valence-electron chi connectivity index (χ1n) is 7.73. The summed E-state index contributed by atoms with van der Waals surface area (Å²) in [6, 6.07) is 14.3. The lowest BCUT2D eigenvalue weighted by Crippen LogP contribution is -2.10. The van der Waals surface area contributed by atoms with Gasteiger partial charge in [0.1, 0.15) is 17.2 Å². The van der Waals surface area contributed by atoms with Gasteiger partial charge in [0.15, 0.2) is 5.82 Å². The van der Waals surface area contributed by atoms with E-state index in [9.17, 15) is 10.2 Å². The van der Waals surface area contributed by atoms with Crippen LogP contribution in [-0.2, 0) is 0 Å². The molecule has 0 saturated carbocycles. The van der Waals surface area contributed by atoms with E-state index >= 15 is 0 Å². The monoisotopic (exact) mass is 354 g/mol. The molecule has 6 bridgehead atoms. The Bertz CT molecular complexity index is 934. The highest BCUT2D eigenvalue weighted by Crippen LogP contribution is 2.33. The Labute approximate surface area is 149 Å². The highest BCUT2D eigenvalue weighted by molar-refractivity contribution is 6.32. The number of nitrogens with zero attached hydrogens (tertiary/aromatic N) is 2. The van der Waals surface area contributed by atoms with E-state index in [-0.39, 0.29) is 0 Å². The standard InChI is InChI=1S/C18H15ClN4O2/c19-14-9-20-18-22-13-6-2-4-11(8-13)16(25)15(24)10-3-1-5-12(7-10)21-17(14)23-18/h1-9,15-16,24-25H,(H2,20,21,22,23). The third-order valence-corrected chi connectivity index (χ3v) is 4.29. The molecule has 2 aromatic carbocycles. The van der Waals surface area contributed by atoms with E-state index < -0.39 is 12.2 Å². The number of nitrogens with one attached hydrogen (secondary N) is 2. The highest BCUT2D eigenvalue weighted by atomic mass is 35.5. The van der Waals surface area contributed by atoms with Gasteiger partial charge in [-0.25, -0.2) is 4.98 Å². The van der Waals surface area contributed by atoms with E-state index in [0.717, 1.165) is 0 Å². The maximum absolute atomic E-state index is 10.6. The lowest BCUT2D eigenvalue weighted by Gasteiger charge is -2.19. The van der Waals surface area contributed by atoms with Crippen LogP contribution in [0.3, 0.4) is 0 Å². The molecule has 0 spiro atoms. The van der Waals surface area contributed by atoms with Crippen molar-refractivity contribution in [3.05, 3.63) is 70.9 Å². The zero-order valence-electron chi connectivity index (χ0n) is 13.0. The molecule has 3 aromatic rings. The van der Waals surface area contributed by atoms with Gasteiger partial charge in [-0.05, 0) is 35.4 Å². The molecule has 25 heavy (non-hydrogen) atoms. The molecule has 2 atom stereocenters. The molecule has 6 nitrogen and oxygen atoms in total. The first-order chi connectivity index (χ1) is 12.1. The normalized spacial score (nSPS) is 18.8. The molecule has 4 rings (SSSR count). The molecule has 1 aromatic heterocycles. The Balaban J connectivity index is 1.89. The lowest BCUT2D eigenvalue weighted by atomic mass is 9.97. The van der Waals surface area contributed by atoms with Crippen LogP contribution in [0.15, 0.2) is 54.7 Å². The van der Waals surface area contributed by atoms with Gasteiger partial charge in [0, 0.05) is 11.4 Å². The number of hydrogen-bond donors (Lipinski definition) is 4. The largest absolute Gasteiger partial charge is 0.385 e. The van der Waals surface area contributed by atoms with E-state index in [1.807, 2.05) is 12.1 Å². The summed E-state index contributed by atoms with van der Waals surface area (Å²) < 4.78 is 0. The summed E-state index contributed by atoms with van der Waals surface area (Å²) >= 11 is 6.18. The Kier molecular flexibility index (Phi) is 4.01. The van der Waals surface area contributed by atoms with Crippen LogP contribution < -0.4 is 10.6 Å². The Morgan fingerprint density at radius 1 is 0.880 bits per heavy atom. The van der Waals surface area contributed by atoms with E-state index in [1.54, 1.807) is 36.4 Å². The van der Waals surface area contributed by atoms with Crippen molar-refractivity contribution < 1.29 is 10.2 Å². The molecule has 0 amide bonds. The summed E-state index contributed by atoms with van der Waals surface area (Å²) in [6.07, 6.45) is -0.621. The van der Waals surface area contributed by atoms with Crippen LogP contribution in [0.2, 0.25) is 5.02 Å². The van der Waals surface area contributed by atoms with Gasteiger partial charge >= 0.3 is 0 Å². The average Bonchev–Trinajstić information content (AvgIpc) is 2.63. The molecule has 1 aliphatic heterocycles. The predicted molar refractivity (Wildman–Crippen MR) is 96.4 cm³/mol. The lowest BCUT2D eigenvalue weighted by molar-refractivity contribution is 0.0173. The maximum Gasteiger partial charge on any atom is 0.229 e. The maximum atomic E-state index is 10.6. The molecule has 126 valence electrons. The molecule has 4 N–H and O–H groups in total. The number of aliphatic hydroxyl groups is 2. The summed E-state index contributed by atoms with van der Waals surface area (Å²) in [6.45, 7) is 0. The van der Waals surface area contributed by atoms with Crippen LogP contribution in [0.1, 0.15) is 23.3 Å². The van der Waals surface area contributed by atoms with Gasteiger partial charge in [0.05, 0.1) is 6.20 Å².